The zero-order valence-electron chi connectivity index (χ0n) is 9.16. The van der Waals surface area contributed by atoms with E-state index in [-0.39, 0.29) is 11.9 Å². The predicted octanol–water partition coefficient (Wildman–Crippen LogP) is 1.90. The van der Waals surface area contributed by atoms with Crippen LogP contribution < -0.4 is 10.6 Å². The van der Waals surface area contributed by atoms with Crippen LogP contribution in [0.2, 0.25) is 5.02 Å². The summed E-state index contributed by atoms with van der Waals surface area (Å²) in [6, 6.07) is 6.76. The molecule has 4 nitrogen and oxygen atoms in total. The summed E-state index contributed by atoms with van der Waals surface area (Å²) >= 11 is 6.03. The molecule has 0 saturated carbocycles. The van der Waals surface area contributed by atoms with Crippen molar-refractivity contribution in [2.45, 2.75) is 18.9 Å². The number of nitriles is 1. The standard InChI is InChI=1S/C12H12ClN3O/c13-9-6-8(7-14)3-4-10(9)16-11-2-1-5-15-12(11)17/h3-4,6,11,16H,1-2,5H2,(H,15,17). The molecule has 1 fully saturated rings. The summed E-state index contributed by atoms with van der Waals surface area (Å²) < 4.78 is 0. The second kappa shape index (κ2) is 5.07. The SMILES string of the molecule is N#Cc1ccc(NC2CCCNC2=O)c(Cl)c1. The van der Waals surface area contributed by atoms with Crippen molar-refractivity contribution < 1.29 is 4.79 Å². The third-order valence-electron chi connectivity index (χ3n) is 2.71. The largest absolute Gasteiger partial charge is 0.372 e. The average molecular weight is 250 g/mol. The van der Waals surface area contributed by atoms with Gasteiger partial charge >= 0.3 is 0 Å². The van der Waals surface area contributed by atoms with E-state index in [0.29, 0.717) is 16.3 Å². The van der Waals surface area contributed by atoms with Gasteiger partial charge in [-0.1, -0.05) is 11.6 Å². The highest BCUT2D eigenvalue weighted by atomic mass is 35.5. The number of hydrogen-bond acceptors (Lipinski definition) is 3. The molecule has 1 aromatic rings. The molecular formula is C12H12ClN3O. The number of carbonyl (C=O) groups excluding carboxylic acids is 1. The summed E-state index contributed by atoms with van der Waals surface area (Å²) in [5, 5.41) is 15.1. The van der Waals surface area contributed by atoms with E-state index >= 15 is 0 Å². The molecule has 1 saturated heterocycles. The van der Waals surface area contributed by atoms with Gasteiger partial charge in [-0.2, -0.15) is 5.26 Å². The molecule has 1 heterocycles. The van der Waals surface area contributed by atoms with Gasteiger partial charge in [-0.25, -0.2) is 0 Å². The lowest BCUT2D eigenvalue weighted by molar-refractivity contribution is -0.123. The molecule has 2 N–H and O–H groups in total. The minimum Gasteiger partial charge on any atom is -0.372 e. The maximum Gasteiger partial charge on any atom is 0.242 e. The summed E-state index contributed by atoms with van der Waals surface area (Å²) in [6.45, 7) is 0.734. The van der Waals surface area contributed by atoms with E-state index in [0.717, 1.165) is 19.4 Å². The Bertz CT molecular complexity index is 481. The van der Waals surface area contributed by atoms with E-state index in [2.05, 4.69) is 10.6 Å². The molecule has 88 valence electrons. The zero-order valence-corrected chi connectivity index (χ0v) is 9.92. The van der Waals surface area contributed by atoms with Crippen LogP contribution in [0.3, 0.4) is 0 Å². The molecule has 1 aromatic carbocycles. The van der Waals surface area contributed by atoms with Gasteiger partial charge in [0.1, 0.15) is 6.04 Å². The minimum atomic E-state index is -0.241. The summed E-state index contributed by atoms with van der Waals surface area (Å²) in [7, 11) is 0. The van der Waals surface area contributed by atoms with E-state index < -0.39 is 0 Å². The highest BCUT2D eigenvalue weighted by molar-refractivity contribution is 6.33. The molecule has 0 aliphatic carbocycles. The Labute approximate surface area is 105 Å². The normalized spacial score (nSPS) is 19.3. The Morgan fingerprint density at radius 3 is 3.00 bits per heavy atom. The van der Waals surface area contributed by atoms with E-state index in [1.807, 2.05) is 6.07 Å². The third-order valence-corrected chi connectivity index (χ3v) is 3.03. The van der Waals surface area contributed by atoms with Crippen molar-refractivity contribution in [1.82, 2.24) is 5.32 Å². The molecule has 1 atom stereocenters. The number of anilines is 1. The molecular weight excluding hydrogens is 238 g/mol. The Morgan fingerprint density at radius 1 is 1.53 bits per heavy atom. The van der Waals surface area contributed by atoms with Crippen LogP contribution in [-0.4, -0.2) is 18.5 Å². The lowest BCUT2D eigenvalue weighted by atomic mass is 10.1. The van der Waals surface area contributed by atoms with E-state index in [1.165, 1.54) is 0 Å². The average Bonchev–Trinajstić information content (AvgIpc) is 2.34. The summed E-state index contributed by atoms with van der Waals surface area (Å²) in [6.07, 6.45) is 1.75. The first-order valence-electron chi connectivity index (χ1n) is 5.44. The molecule has 0 radical (unpaired) electrons. The number of carbonyl (C=O) groups is 1. The molecule has 1 aliphatic heterocycles. The molecule has 0 bridgehead atoms. The van der Waals surface area contributed by atoms with Gasteiger partial charge in [0.25, 0.3) is 0 Å². The van der Waals surface area contributed by atoms with Gasteiger partial charge in [0.15, 0.2) is 0 Å². The van der Waals surface area contributed by atoms with Crippen molar-refractivity contribution in [3.05, 3.63) is 28.8 Å². The molecule has 0 spiro atoms. The van der Waals surface area contributed by atoms with Crippen molar-refractivity contribution >= 4 is 23.2 Å². The van der Waals surface area contributed by atoms with Gasteiger partial charge in [-0.3, -0.25) is 4.79 Å². The first kappa shape index (κ1) is 11.7. The van der Waals surface area contributed by atoms with Crippen LogP contribution in [0, 0.1) is 11.3 Å². The summed E-state index contributed by atoms with van der Waals surface area (Å²) in [4.78, 5) is 11.6. The molecule has 1 aliphatic rings. The maximum absolute atomic E-state index is 11.6. The number of hydrogen-bond donors (Lipinski definition) is 2. The first-order chi connectivity index (χ1) is 8.20. The smallest absolute Gasteiger partial charge is 0.242 e. The second-order valence-corrected chi connectivity index (χ2v) is 4.34. The zero-order chi connectivity index (χ0) is 12.3. The molecule has 2 rings (SSSR count). The second-order valence-electron chi connectivity index (χ2n) is 3.94. The van der Waals surface area contributed by atoms with Crippen LogP contribution in [0.5, 0.6) is 0 Å². The van der Waals surface area contributed by atoms with Gasteiger partial charge in [0.2, 0.25) is 5.91 Å². The Morgan fingerprint density at radius 2 is 2.35 bits per heavy atom. The van der Waals surface area contributed by atoms with Gasteiger partial charge in [0, 0.05) is 6.54 Å². The van der Waals surface area contributed by atoms with E-state index in [1.54, 1.807) is 18.2 Å². The van der Waals surface area contributed by atoms with Crippen LogP contribution in [0.4, 0.5) is 5.69 Å². The predicted molar refractivity (Wildman–Crippen MR) is 65.8 cm³/mol. The van der Waals surface area contributed by atoms with Crippen molar-refractivity contribution in [2.75, 3.05) is 11.9 Å². The van der Waals surface area contributed by atoms with Crippen LogP contribution in [0.25, 0.3) is 0 Å². The highest BCUT2D eigenvalue weighted by Gasteiger charge is 2.22. The van der Waals surface area contributed by atoms with E-state index in [9.17, 15) is 4.79 Å². The van der Waals surface area contributed by atoms with Crippen molar-refractivity contribution in [1.29, 1.82) is 5.26 Å². The van der Waals surface area contributed by atoms with E-state index in [4.69, 9.17) is 16.9 Å². The minimum absolute atomic E-state index is 0.00308. The molecule has 17 heavy (non-hydrogen) atoms. The fourth-order valence-electron chi connectivity index (χ4n) is 1.80. The van der Waals surface area contributed by atoms with Crippen LogP contribution in [0.1, 0.15) is 18.4 Å². The number of nitrogens with one attached hydrogen (secondary N) is 2. The van der Waals surface area contributed by atoms with Gasteiger partial charge in [-0.15, -0.1) is 0 Å². The number of piperidine rings is 1. The molecule has 5 heteroatoms. The van der Waals surface area contributed by atoms with Crippen LogP contribution >= 0.6 is 11.6 Å². The fourth-order valence-corrected chi connectivity index (χ4v) is 2.03. The molecule has 1 unspecified atom stereocenters. The van der Waals surface area contributed by atoms with Crippen LogP contribution in [-0.2, 0) is 4.79 Å². The highest BCUT2D eigenvalue weighted by Crippen LogP contribution is 2.24. The van der Waals surface area contributed by atoms with Crippen LogP contribution in [0.15, 0.2) is 18.2 Å². The number of amides is 1. The van der Waals surface area contributed by atoms with Crippen molar-refractivity contribution in [2.24, 2.45) is 0 Å². The quantitative estimate of drug-likeness (QED) is 0.841. The molecule has 1 amide bonds. The van der Waals surface area contributed by atoms with Gasteiger partial charge in [0.05, 0.1) is 22.3 Å². The first-order valence-corrected chi connectivity index (χ1v) is 5.82. The number of benzene rings is 1. The van der Waals surface area contributed by atoms with Gasteiger partial charge in [-0.05, 0) is 31.0 Å². The van der Waals surface area contributed by atoms with Gasteiger partial charge < -0.3 is 10.6 Å². The number of nitrogens with zero attached hydrogens (tertiary/aromatic N) is 1. The van der Waals surface area contributed by atoms with Crippen molar-refractivity contribution in [3.63, 3.8) is 0 Å². The third kappa shape index (κ3) is 2.69. The number of halogens is 1. The number of rotatable bonds is 2. The van der Waals surface area contributed by atoms with Crippen molar-refractivity contribution in [3.8, 4) is 6.07 Å². The Kier molecular flexibility index (Phi) is 3.50. The maximum atomic E-state index is 11.6. The Hall–Kier alpha value is -1.73. The lowest BCUT2D eigenvalue weighted by Crippen LogP contribution is -2.44. The fraction of sp³-hybridized carbons (Fsp3) is 0.333. The monoisotopic (exact) mass is 249 g/mol. The molecule has 0 aromatic heterocycles. The Balaban J connectivity index is 2.13. The lowest BCUT2D eigenvalue weighted by Gasteiger charge is -2.24. The summed E-state index contributed by atoms with van der Waals surface area (Å²) in [5.74, 6) is -0.00308. The topological polar surface area (TPSA) is 64.9 Å². The summed E-state index contributed by atoms with van der Waals surface area (Å²) in [5.41, 5.74) is 1.20.